The molecule has 13 rings (SSSR count). The quantitative estimate of drug-likeness (QED) is 0.100. The number of nitrogens with zero attached hydrogens (tertiary/aromatic N) is 1. The second-order valence-electron chi connectivity index (χ2n) is 22.8. The van der Waals surface area contributed by atoms with Gasteiger partial charge in [0.15, 0.2) is 0 Å². The molecule has 1 aromatic heterocycles. The summed E-state index contributed by atoms with van der Waals surface area (Å²) in [4.78, 5) is 0. The van der Waals surface area contributed by atoms with Gasteiger partial charge in [-0.05, 0) is 153 Å². The molecule has 0 bridgehead atoms. The molecule has 0 amide bonds. The number of hydrogen-bond acceptors (Lipinski definition) is 2. The Morgan fingerprint density at radius 3 is 1.60 bits per heavy atom. The molecular formula is C63H54BNO2. The van der Waals surface area contributed by atoms with E-state index in [-0.39, 0.29) is 23.0 Å². The van der Waals surface area contributed by atoms with Crippen molar-refractivity contribution in [2.24, 2.45) is 5.41 Å². The second kappa shape index (κ2) is 13.8. The van der Waals surface area contributed by atoms with Gasteiger partial charge < -0.3 is 14.0 Å². The Labute approximate surface area is 393 Å². The zero-order chi connectivity index (χ0) is 45.9. The first kappa shape index (κ1) is 40.3. The molecular weight excluding hydrogens is 814 g/mol. The van der Waals surface area contributed by atoms with Gasteiger partial charge in [0.1, 0.15) is 23.0 Å². The number of aromatic nitrogens is 1. The van der Waals surface area contributed by atoms with E-state index in [1.165, 1.54) is 87.1 Å². The molecule has 0 saturated carbocycles. The first-order valence-corrected chi connectivity index (χ1v) is 24.1. The van der Waals surface area contributed by atoms with Crippen molar-refractivity contribution in [1.29, 1.82) is 0 Å². The van der Waals surface area contributed by atoms with Crippen LogP contribution in [0, 0.1) is 5.41 Å². The van der Waals surface area contributed by atoms with Crippen LogP contribution in [0.5, 0.6) is 23.0 Å². The minimum Gasteiger partial charge on any atom is -0.458 e. The Morgan fingerprint density at radius 1 is 0.448 bits per heavy atom. The first-order chi connectivity index (χ1) is 32.1. The van der Waals surface area contributed by atoms with Gasteiger partial charge in [0.25, 0.3) is 6.71 Å². The topological polar surface area (TPSA) is 23.4 Å². The van der Waals surface area contributed by atoms with E-state index in [9.17, 15) is 0 Å². The molecule has 3 nitrogen and oxygen atoms in total. The molecule has 0 N–H and O–H groups in total. The molecule has 326 valence electrons. The summed E-state index contributed by atoms with van der Waals surface area (Å²) >= 11 is 0. The molecule has 0 atom stereocenters. The minimum atomic E-state index is -0.0617. The van der Waals surface area contributed by atoms with Crippen molar-refractivity contribution < 1.29 is 9.47 Å². The molecule has 0 unspecified atom stereocenters. The smallest absolute Gasteiger partial charge is 0.260 e. The van der Waals surface area contributed by atoms with Crippen LogP contribution in [-0.4, -0.2) is 11.3 Å². The summed E-state index contributed by atoms with van der Waals surface area (Å²) in [5, 5.41) is 12.9. The van der Waals surface area contributed by atoms with Gasteiger partial charge in [-0.2, -0.15) is 0 Å². The molecule has 0 saturated heterocycles. The third kappa shape index (κ3) is 6.11. The third-order valence-electron chi connectivity index (χ3n) is 14.8. The van der Waals surface area contributed by atoms with Crippen LogP contribution in [0.25, 0.3) is 81.7 Å². The van der Waals surface area contributed by atoms with E-state index < -0.39 is 0 Å². The SMILES string of the molecule is CC(C)(C)Cc1cc2c3c(c1)Oc1cc(-n4c5ccc(C(C)(C)C)cc5c5cc(C(C)(C)C)ccc54)ccc1B3c1ccc(-c3ccc4cccc5c6cccc7cccc(c3c45)c76)cc1O2. The van der Waals surface area contributed by atoms with Crippen molar-refractivity contribution in [2.45, 2.75) is 79.6 Å². The zero-order valence-corrected chi connectivity index (χ0v) is 40.0. The average molecular weight is 868 g/mol. The van der Waals surface area contributed by atoms with Crippen molar-refractivity contribution in [2.75, 3.05) is 0 Å². The minimum absolute atomic E-state index is 0.0269. The fourth-order valence-corrected chi connectivity index (χ4v) is 11.7. The molecule has 67 heavy (non-hydrogen) atoms. The van der Waals surface area contributed by atoms with Crippen LogP contribution in [0.2, 0.25) is 0 Å². The number of rotatable bonds is 3. The fraction of sp³-hybridized carbons (Fsp3) is 0.206. The summed E-state index contributed by atoms with van der Waals surface area (Å²) in [6.07, 6.45) is 0.898. The molecule has 0 radical (unpaired) electrons. The second-order valence-corrected chi connectivity index (χ2v) is 22.8. The molecule has 3 heterocycles. The van der Waals surface area contributed by atoms with Gasteiger partial charge in [-0.3, -0.25) is 0 Å². The van der Waals surface area contributed by atoms with Crippen molar-refractivity contribution in [3.63, 3.8) is 0 Å². The van der Waals surface area contributed by atoms with Gasteiger partial charge in [-0.1, -0.05) is 159 Å². The highest BCUT2D eigenvalue weighted by atomic mass is 16.5. The third-order valence-corrected chi connectivity index (χ3v) is 14.8. The van der Waals surface area contributed by atoms with Gasteiger partial charge in [0.2, 0.25) is 0 Å². The summed E-state index contributed by atoms with van der Waals surface area (Å²) in [6.45, 7) is 20.6. The van der Waals surface area contributed by atoms with E-state index in [4.69, 9.17) is 9.47 Å². The van der Waals surface area contributed by atoms with Crippen LogP contribution in [0.3, 0.4) is 0 Å². The van der Waals surface area contributed by atoms with Gasteiger partial charge >= 0.3 is 0 Å². The number of benzene rings is 10. The van der Waals surface area contributed by atoms with E-state index >= 15 is 0 Å². The van der Waals surface area contributed by atoms with Crippen LogP contribution >= 0.6 is 0 Å². The van der Waals surface area contributed by atoms with E-state index in [1.807, 2.05) is 0 Å². The molecule has 2 aliphatic rings. The predicted molar refractivity (Wildman–Crippen MR) is 286 cm³/mol. The fourth-order valence-electron chi connectivity index (χ4n) is 11.7. The lowest BCUT2D eigenvalue weighted by Crippen LogP contribution is -2.57. The predicted octanol–water partition coefficient (Wildman–Crippen LogP) is 15.4. The summed E-state index contributed by atoms with van der Waals surface area (Å²) in [5.41, 5.74) is 13.3. The summed E-state index contributed by atoms with van der Waals surface area (Å²) in [5.74, 6) is 3.55. The van der Waals surface area contributed by atoms with Gasteiger partial charge in [-0.25, -0.2) is 0 Å². The monoisotopic (exact) mass is 867 g/mol. The van der Waals surface area contributed by atoms with Crippen molar-refractivity contribution in [3.05, 3.63) is 168 Å². The molecule has 10 aromatic carbocycles. The lowest BCUT2D eigenvalue weighted by molar-refractivity contribution is 0.407. The van der Waals surface area contributed by atoms with E-state index in [1.54, 1.807) is 0 Å². The lowest BCUT2D eigenvalue weighted by Gasteiger charge is -2.34. The highest BCUT2D eigenvalue weighted by Gasteiger charge is 2.41. The number of hydrogen-bond donors (Lipinski definition) is 0. The summed E-state index contributed by atoms with van der Waals surface area (Å²) < 4.78 is 16.7. The van der Waals surface area contributed by atoms with E-state index in [2.05, 4.69) is 219 Å². The van der Waals surface area contributed by atoms with Crippen molar-refractivity contribution >= 4 is 88.0 Å². The van der Waals surface area contributed by atoms with Gasteiger partial charge in [0, 0.05) is 28.0 Å². The van der Waals surface area contributed by atoms with Gasteiger partial charge in [-0.15, -0.1) is 0 Å². The Hall–Kier alpha value is -7.04. The highest BCUT2D eigenvalue weighted by Crippen LogP contribution is 2.46. The highest BCUT2D eigenvalue weighted by molar-refractivity contribution is 6.98. The Bertz CT molecular complexity index is 3830. The van der Waals surface area contributed by atoms with E-state index in [0.717, 1.165) is 57.1 Å². The molecule has 0 aliphatic carbocycles. The maximum absolute atomic E-state index is 7.13. The van der Waals surface area contributed by atoms with Crippen LogP contribution in [-0.2, 0) is 17.3 Å². The Balaban J connectivity index is 1.01. The Kier molecular flexibility index (Phi) is 8.27. The number of ether oxygens (including phenoxy) is 2. The van der Waals surface area contributed by atoms with Crippen LogP contribution in [0.15, 0.2) is 152 Å². The summed E-state index contributed by atoms with van der Waals surface area (Å²) in [6, 6.07) is 57.3. The van der Waals surface area contributed by atoms with Crippen molar-refractivity contribution in [1.82, 2.24) is 4.57 Å². The van der Waals surface area contributed by atoms with Crippen molar-refractivity contribution in [3.8, 4) is 39.8 Å². The maximum Gasteiger partial charge on any atom is 0.260 e. The molecule has 0 fully saturated rings. The van der Waals surface area contributed by atoms with Crippen LogP contribution in [0.1, 0.15) is 79.0 Å². The number of fused-ring (bicyclic) bond motifs is 9. The van der Waals surface area contributed by atoms with Gasteiger partial charge in [0.05, 0.1) is 11.0 Å². The molecule has 0 spiro atoms. The molecule has 4 heteroatoms. The first-order valence-electron chi connectivity index (χ1n) is 24.1. The standard InChI is InChI=1S/C63H54BNO2/c1-61(2,3)35-36-29-55-60-56(30-36)67-54-34-42(65-51-27-21-40(62(4,5)6)32-47(51)48-33-41(63(7,8)9)22-28-52(48)65)23-26-50(54)64(60)49-25-20-39(31-53(49)66-55)43-24-19-38-15-11-17-45-44-16-10-13-37-14-12-18-46(57(37)44)59(43)58(38)45/h10-34H,35H2,1-9H3. The van der Waals surface area contributed by atoms with E-state index in [0.29, 0.717) is 0 Å². The zero-order valence-electron chi connectivity index (χ0n) is 40.0. The summed E-state index contributed by atoms with van der Waals surface area (Å²) in [7, 11) is 0. The van der Waals surface area contributed by atoms with Crippen LogP contribution < -0.4 is 25.9 Å². The van der Waals surface area contributed by atoms with Crippen LogP contribution in [0.4, 0.5) is 0 Å². The Morgan fingerprint density at radius 2 is 1.00 bits per heavy atom. The molecule has 2 aliphatic heterocycles. The maximum atomic E-state index is 7.13. The average Bonchev–Trinajstić information content (AvgIpc) is 3.62. The lowest BCUT2D eigenvalue weighted by atomic mass is 9.34. The largest absolute Gasteiger partial charge is 0.458 e. The normalized spacial score (nSPS) is 13.7. The molecule has 11 aromatic rings.